The van der Waals surface area contributed by atoms with E-state index in [0.717, 1.165) is 0 Å². The van der Waals surface area contributed by atoms with Crippen LogP contribution in [0.5, 0.6) is 0 Å². The van der Waals surface area contributed by atoms with Gasteiger partial charge in [-0.3, -0.25) is 0 Å². The van der Waals surface area contributed by atoms with Crippen molar-refractivity contribution in [1.82, 2.24) is 0 Å². The molecule has 0 atom stereocenters. The molecule has 110 valence electrons. The summed E-state index contributed by atoms with van der Waals surface area (Å²) in [5, 5.41) is 0. The van der Waals surface area contributed by atoms with Crippen LogP contribution < -0.4 is 0 Å². The molecule has 0 unspecified atom stereocenters. The van der Waals surface area contributed by atoms with Crippen molar-refractivity contribution in [3.8, 4) is 23.7 Å². The fraction of sp³-hybridized carbons (Fsp3) is 0.571. The Bertz CT molecular complexity index is 435. The molecule has 0 spiro atoms. The highest BCUT2D eigenvalue weighted by molar-refractivity contribution is 5.61. The average molecular weight is 282 g/mol. The van der Waals surface area contributed by atoms with Crippen LogP contribution in [-0.4, -0.2) is 37.7 Å². The smallest absolute Gasteiger partial charge is 0.438 e. The molecule has 0 radical (unpaired) electrons. The fourth-order valence-electron chi connectivity index (χ4n) is 0.915. The highest BCUT2D eigenvalue weighted by atomic mass is 16.7. The van der Waals surface area contributed by atoms with Gasteiger partial charge in [0.25, 0.3) is 0 Å². The van der Waals surface area contributed by atoms with Crippen molar-refractivity contribution in [3.63, 3.8) is 0 Å². The maximum Gasteiger partial charge on any atom is 0.509 e. The van der Waals surface area contributed by atoms with Gasteiger partial charge in [0.05, 0.1) is 14.2 Å². The molecule has 6 nitrogen and oxygen atoms in total. The summed E-state index contributed by atoms with van der Waals surface area (Å²) in [6.07, 6.45) is -1.65. The van der Waals surface area contributed by atoms with Gasteiger partial charge < -0.3 is 18.9 Å². The highest BCUT2D eigenvalue weighted by Gasteiger charge is 2.21. The van der Waals surface area contributed by atoms with E-state index >= 15 is 0 Å². The minimum Gasteiger partial charge on any atom is -0.438 e. The first-order valence-corrected chi connectivity index (χ1v) is 5.70. The van der Waals surface area contributed by atoms with Crippen LogP contribution in [0.15, 0.2) is 0 Å². The Morgan fingerprint density at radius 1 is 0.750 bits per heavy atom. The number of methoxy groups -OCH3 is 2. The van der Waals surface area contributed by atoms with Crippen LogP contribution in [0.2, 0.25) is 0 Å². The van der Waals surface area contributed by atoms with Crippen molar-refractivity contribution < 1.29 is 28.5 Å². The maximum atomic E-state index is 11.0. The first-order valence-electron chi connectivity index (χ1n) is 5.70. The monoisotopic (exact) mass is 282 g/mol. The van der Waals surface area contributed by atoms with E-state index < -0.39 is 23.5 Å². The zero-order chi connectivity index (χ0) is 15.8. The van der Waals surface area contributed by atoms with Gasteiger partial charge in [-0.25, -0.2) is 9.59 Å². The minimum absolute atomic E-state index is 0.827. The molecule has 0 aromatic heterocycles. The molecule has 0 amide bonds. The second-order valence-corrected chi connectivity index (χ2v) is 4.63. The summed E-state index contributed by atoms with van der Waals surface area (Å²) in [6, 6.07) is 0. The number of carbonyl (C=O) groups is 2. The summed E-state index contributed by atoms with van der Waals surface area (Å²) in [7, 11) is 2.41. The number of hydrogen-bond acceptors (Lipinski definition) is 6. The summed E-state index contributed by atoms with van der Waals surface area (Å²) in [4.78, 5) is 21.9. The van der Waals surface area contributed by atoms with E-state index in [0.29, 0.717) is 0 Å². The topological polar surface area (TPSA) is 71.1 Å². The summed E-state index contributed by atoms with van der Waals surface area (Å²) >= 11 is 0. The van der Waals surface area contributed by atoms with E-state index in [1.54, 1.807) is 27.7 Å². The van der Waals surface area contributed by atoms with Crippen molar-refractivity contribution in [1.29, 1.82) is 0 Å². The van der Waals surface area contributed by atoms with Crippen molar-refractivity contribution >= 4 is 12.3 Å². The molecule has 0 aromatic rings. The molecule has 0 aliphatic rings. The first kappa shape index (κ1) is 17.7. The molecular formula is C14H18O6. The van der Waals surface area contributed by atoms with Gasteiger partial charge in [-0.1, -0.05) is 0 Å². The van der Waals surface area contributed by atoms with Gasteiger partial charge in [0.2, 0.25) is 0 Å². The van der Waals surface area contributed by atoms with E-state index in [2.05, 4.69) is 33.2 Å². The van der Waals surface area contributed by atoms with Gasteiger partial charge in [-0.15, -0.1) is 0 Å². The van der Waals surface area contributed by atoms with Gasteiger partial charge >= 0.3 is 12.3 Å². The quantitative estimate of drug-likeness (QED) is 0.570. The van der Waals surface area contributed by atoms with Crippen molar-refractivity contribution in [2.45, 2.75) is 38.9 Å². The molecule has 6 heteroatoms. The van der Waals surface area contributed by atoms with Gasteiger partial charge in [0, 0.05) is 0 Å². The van der Waals surface area contributed by atoms with E-state index in [-0.39, 0.29) is 0 Å². The van der Waals surface area contributed by atoms with Crippen LogP contribution in [0.3, 0.4) is 0 Å². The molecule has 0 bridgehead atoms. The van der Waals surface area contributed by atoms with Crippen LogP contribution in [0.4, 0.5) is 9.59 Å². The minimum atomic E-state index is -1.03. The number of carbonyl (C=O) groups excluding carboxylic acids is 2. The van der Waals surface area contributed by atoms with Crippen LogP contribution in [0.1, 0.15) is 27.7 Å². The molecule has 20 heavy (non-hydrogen) atoms. The van der Waals surface area contributed by atoms with Crippen molar-refractivity contribution in [2.24, 2.45) is 0 Å². The van der Waals surface area contributed by atoms with Crippen LogP contribution in [-0.2, 0) is 18.9 Å². The normalized spacial score (nSPS) is 10.1. The van der Waals surface area contributed by atoms with Gasteiger partial charge in [0.1, 0.15) is 0 Å². The standard InChI is InChI=1S/C14H18O6/c1-13(2,19-11(15)17-5)9-7-8-10-14(3,4)20-12(16)18-6/h1-6H3. The zero-order valence-electron chi connectivity index (χ0n) is 12.4. The lowest BCUT2D eigenvalue weighted by atomic mass is 10.1. The lowest BCUT2D eigenvalue weighted by Crippen LogP contribution is -2.26. The molecule has 0 aliphatic carbocycles. The average Bonchev–Trinajstić information content (AvgIpc) is 2.33. The van der Waals surface area contributed by atoms with E-state index in [1.807, 2.05) is 0 Å². The summed E-state index contributed by atoms with van der Waals surface area (Å²) < 4.78 is 18.5. The first-order chi connectivity index (χ1) is 9.12. The Kier molecular flexibility index (Phi) is 6.44. The van der Waals surface area contributed by atoms with Gasteiger partial charge in [-0.2, -0.15) is 0 Å². The van der Waals surface area contributed by atoms with Gasteiger partial charge in [0.15, 0.2) is 11.2 Å². The number of rotatable bonds is 2. The third-order valence-electron chi connectivity index (χ3n) is 1.80. The molecule has 0 rings (SSSR count). The van der Waals surface area contributed by atoms with E-state index in [4.69, 9.17) is 9.47 Å². The molecule has 0 aliphatic heterocycles. The van der Waals surface area contributed by atoms with Crippen molar-refractivity contribution in [2.75, 3.05) is 14.2 Å². The zero-order valence-corrected chi connectivity index (χ0v) is 12.4. The molecule has 0 saturated carbocycles. The largest absolute Gasteiger partial charge is 0.509 e. The summed E-state index contributed by atoms with van der Waals surface area (Å²) in [6.45, 7) is 6.37. The molecule has 0 heterocycles. The third-order valence-corrected chi connectivity index (χ3v) is 1.80. The lowest BCUT2D eigenvalue weighted by Gasteiger charge is -2.17. The Morgan fingerprint density at radius 3 is 1.30 bits per heavy atom. The summed E-state index contributed by atoms with van der Waals surface area (Å²) in [5.74, 6) is 10.3. The van der Waals surface area contributed by atoms with Crippen LogP contribution in [0.25, 0.3) is 0 Å². The van der Waals surface area contributed by atoms with Gasteiger partial charge in [-0.05, 0) is 51.4 Å². The summed E-state index contributed by atoms with van der Waals surface area (Å²) in [5.41, 5.74) is -2.07. The molecule has 0 saturated heterocycles. The maximum absolute atomic E-state index is 11.0. The van der Waals surface area contributed by atoms with Crippen molar-refractivity contribution in [3.05, 3.63) is 0 Å². The fourth-order valence-corrected chi connectivity index (χ4v) is 0.915. The molecule has 0 aromatic carbocycles. The Hall–Kier alpha value is -2.34. The number of hydrogen-bond donors (Lipinski definition) is 0. The number of ether oxygens (including phenoxy) is 4. The van der Waals surface area contributed by atoms with E-state index in [9.17, 15) is 9.59 Å². The predicted molar refractivity (Wildman–Crippen MR) is 70.7 cm³/mol. The second-order valence-electron chi connectivity index (χ2n) is 4.63. The van der Waals surface area contributed by atoms with Crippen LogP contribution in [0, 0.1) is 23.7 Å². The molecular weight excluding hydrogens is 264 g/mol. The molecule has 0 fully saturated rings. The predicted octanol–water partition coefficient (Wildman–Crippen LogP) is 2.12. The third kappa shape index (κ3) is 7.88. The Morgan fingerprint density at radius 2 is 1.05 bits per heavy atom. The highest BCUT2D eigenvalue weighted by Crippen LogP contribution is 2.09. The van der Waals surface area contributed by atoms with E-state index in [1.165, 1.54) is 14.2 Å². The van der Waals surface area contributed by atoms with Crippen LogP contribution >= 0.6 is 0 Å². The lowest BCUT2D eigenvalue weighted by molar-refractivity contribution is 0.0208. The Balaban J connectivity index is 4.71. The Labute approximate surface area is 118 Å². The second kappa shape index (κ2) is 7.30. The SMILES string of the molecule is COC(=O)OC(C)(C)C#CC#CC(C)(C)OC(=O)OC. The molecule has 0 N–H and O–H groups in total.